The van der Waals surface area contributed by atoms with Gasteiger partial charge < -0.3 is 20.4 Å². The molecule has 0 unspecified atom stereocenters. The molecule has 2 amide bonds. The van der Waals surface area contributed by atoms with Crippen molar-refractivity contribution < 1.29 is 19.8 Å². The molecule has 1 rings (SSSR count). The van der Waals surface area contributed by atoms with E-state index in [9.17, 15) is 14.7 Å². The van der Waals surface area contributed by atoms with Gasteiger partial charge in [0.1, 0.15) is 0 Å². The Bertz CT molecular complexity index is 296. The van der Waals surface area contributed by atoms with Gasteiger partial charge in [-0.05, 0) is 26.7 Å². The standard InChI is InChI=1S/C11H20N2O4/c1-11(2,9(15)16)7-12-10(17)13-5-3-8(14)4-6-13/h8,14H,3-7H2,1-2H3,(H,12,17)(H,15,16). The van der Waals surface area contributed by atoms with Crippen molar-refractivity contribution in [1.29, 1.82) is 0 Å². The number of likely N-dealkylation sites (tertiary alicyclic amines) is 1. The Morgan fingerprint density at radius 1 is 1.35 bits per heavy atom. The van der Waals surface area contributed by atoms with Crippen molar-refractivity contribution >= 4 is 12.0 Å². The zero-order valence-corrected chi connectivity index (χ0v) is 10.3. The lowest BCUT2D eigenvalue weighted by atomic mass is 9.94. The molecule has 1 saturated heterocycles. The highest BCUT2D eigenvalue weighted by molar-refractivity contribution is 5.77. The van der Waals surface area contributed by atoms with E-state index in [1.807, 2.05) is 0 Å². The second-order valence-corrected chi connectivity index (χ2v) is 5.07. The fraction of sp³-hybridized carbons (Fsp3) is 0.818. The normalized spacial score (nSPS) is 17.9. The average molecular weight is 244 g/mol. The zero-order chi connectivity index (χ0) is 13.1. The first-order valence-electron chi connectivity index (χ1n) is 5.77. The largest absolute Gasteiger partial charge is 0.481 e. The Morgan fingerprint density at radius 3 is 2.35 bits per heavy atom. The Hall–Kier alpha value is -1.30. The first kappa shape index (κ1) is 13.8. The van der Waals surface area contributed by atoms with Crippen molar-refractivity contribution in [3.8, 4) is 0 Å². The van der Waals surface area contributed by atoms with Gasteiger partial charge in [-0.3, -0.25) is 4.79 Å². The number of carboxylic acids is 1. The van der Waals surface area contributed by atoms with Crippen molar-refractivity contribution in [1.82, 2.24) is 10.2 Å². The number of amides is 2. The molecule has 0 aromatic rings. The number of aliphatic hydroxyl groups excluding tert-OH is 1. The predicted octanol–water partition coefficient (Wildman–Crippen LogP) is 0.263. The van der Waals surface area contributed by atoms with Crippen LogP contribution in [-0.4, -0.2) is 52.9 Å². The van der Waals surface area contributed by atoms with Gasteiger partial charge in [0.15, 0.2) is 0 Å². The van der Waals surface area contributed by atoms with E-state index < -0.39 is 11.4 Å². The molecular weight excluding hydrogens is 224 g/mol. The minimum atomic E-state index is -0.967. The van der Waals surface area contributed by atoms with E-state index >= 15 is 0 Å². The molecule has 0 aliphatic carbocycles. The van der Waals surface area contributed by atoms with E-state index in [0.717, 1.165) is 0 Å². The summed E-state index contributed by atoms with van der Waals surface area (Å²) in [5.74, 6) is -0.938. The smallest absolute Gasteiger partial charge is 0.317 e. The highest BCUT2D eigenvalue weighted by Crippen LogP contribution is 2.14. The molecule has 1 aliphatic rings. The number of carbonyl (C=O) groups is 2. The van der Waals surface area contributed by atoms with Crippen LogP contribution in [0, 0.1) is 5.41 Å². The fourth-order valence-electron chi connectivity index (χ4n) is 1.55. The summed E-state index contributed by atoms with van der Waals surface area (Å²) in [5, 5.41) is 20.8. The van der Waals surface area contributed by atoms with Crippen molar-refractivity contribution in [3.05, 3.63) is 0 Å². The lowest BCUT2D eigenvalue weighted by Gasteiger charge is -2.30. The van der Waals surface area contributed by atoms with Crippen LogP contribution < -0.4 is 5.32 Å². The molecule has 6 heteroatoms. The summed E-state index contributed by atoms with van der Waals surface area (Å²) in [7, 11) is 0. The highest BCUT2D eigenvalue weighted by atomic mass is 16.4. The number of aliphatic hydroxyl groups is 1. The molecule has 17 heavy (non-hydrogen) atoms. The van der Waals surface area contributed by atoms with E-state index in [4.69, 9.17) is 5.11 Å². The zero-order valence-electron chi connectivity index (χ0n) is 10.3. The highest BCUT2D eigenvalue weighted by Gasteiger charge is 2.29. The van der Waals surface area contributed by atoms with Crippen molar-refractivity contribution in [3.63, 3.8) is 0 Å². The molecule has 0 radical (unpaired) electrons. The van der Waals surface area contributed by atoms with Gasteiger partial charge in [-0.25, -0.2) is 4.79 Å². The van der Waals surface area contributed by atoms with Gasteiger partial charge >= 0.3 is 12.0 Å². The Balaban J connectivity index is 2.37. The summed E-state index contributed by atoms with van der Waals surface area (Å²) in [5.41, 5.74) is -0.967. The number of nitrogens with one attached hydrogen (secondary N) is 1. The van der Waals surface area contributed by atoms with E-state index in [1.54, 1.807) is 18.7 Å². The molecule has 0 aromatic heterocycles. The number of hydrogen-bond acceptors (Lipinski definition) is 3. The summed E-state index contributed by atoms with van der Waals surface area (Å²) >= 11 is 0. The molecule has 1 fully saturated rings. The topological polar surface area (TPSA) is 89.9 Å². The lowest BCUT2D eigenvalue weighted by Crippen LogP contribution is -2.48. The van der Waals surface area contributed by atoms with Gasteiger partial charge in [0.25, 0.3) is 0 Å². The SMILES string of the molecule is CC(C)(CNC(=O)N1CCC(O)CC1)C(=O)O. The van der Waals surface area contributed by atoms with E-state index in [0.29, 0.717) is 25.9 Å². The summed E-state index contributed by atoms with van der Waals surface area (Å²) in [6, 6.07) is -0.258. The fourth-order valence-corrected chi connectivity index (χ4v) is 1.55. The number of nitrogens with zero attached hydrogens (tertiary/aromatic N) is 1. The molecule has 0 saturated carbocycles. The first-order chi connectivity index (χ1) is 7.83. The van der Waals surface area contributed by atoms with Crippen LogP contribution in [0.3, 0.4) is 0 Å². The van der Waals surface area contributed by atoms with Gasteiger partial charge in [0, 0.05) is 19.6 Å². The second kappa shape index (κ2) is 5.35. The van der Waals surface area contributed by atoms with Gasteiger partial charge in [-0.2, -0.15) is 0 Å². The van der Waals surface area contributed by atoms with Gasteiger partial charge in [-0.1, -0.05) is 0 Å². The Morgan fingerprint density at radius 2 is 1.88 bits per heavy atom. The van der Waals surface area contributed by atoms with Crippen molar-refractivity contribution in [2.45, 2.75) is 32.8 Å². The summed E-state index contributed by atoms with van der Waals surface area (Å²) in [4.78, 5) is 24.2. The molecule has 6 nitrogen and oxygen atoms in total. The average Bonchev–Trinajstić information content (AvgIpc) is 2.27. The molecule has 1 aliphatic heterocycles. The van der Waals surface area contributed by atoms with Crippen molar-refractivity contribution in [2.75, 3.05) is 19.6 Å². The van der Waals surface area contributed by atoms with Gasteiger partial charge in [0.05, 0.1) is 11.5 Å². The summed E-state index contributed by atoms with van der Waals surface area (Å²) < 4.78 is 0. The third-order valence-electron chi connectivity index (χ3n) is 3.01. The number of piperidine rings is 1. The van der Waals surface area contributed by atoms with Gasteiger partial charge in [0.2, 0.25) is 0 Å². The lowest BCUT2D eigenvalue weighted by molar-refractivity contribution is -0.146. The molecular formula is C11H20N2O4. The van der Waals surface area contributed by atoms with Crippen molar-refractivity contribution in [2.24, 2.45) is 5.41 Å². The first-order valence-corrected chi connectivity index (χ1v) is 5.77. The molecule has 1 heterocycles. The second-order valence-electron chi connectivity index (χ2n) is 5.07. The van der Waals surface area contributed by atoms with Crippen LogP contribution in [0.4, 0.5) is 4.79 Å². The van der Waals surface area contributed by atoms with Crippen LogP contribution in [0.1, 0.15) is 26.7 Å². The van der Waals surface area contributed by atoms with Crippen LogP contribution >= 0.6 is 0 Å². The Labute approximate surface area is 101 Å². The quantitative estimate of drug-likeness (QED) is 0.664. The molecule has 0 spiro atoms. The Kier molecular flexibility index (Phi) is 4.34. The van der Waals surface area contributed by atoms with Crippen LogP contribution in [0.2, 0.25) is 0 Å². The molecule has 0 aromatic carbocycles. The van der Waals surface area contributed by atoms with Crippen LogP contribution in [-0.2, 0) is 4.79 Å². The number of carbonyl (C=O) groups excluding carboxylic acids is 1. The van der Waals surface area contributed by atoms with Crippen LogP contribution in [0.25, 0.3) is 0 Å². The minimum absolute atomic E-state index is 0.0974. The van der Waals surface area contributed by atoms with Crippen LogP contribution in [0.15, 0.2) is 0 Å². The number of carboxylic acid groups (broad SMARTS) is 1. The molecule has 0 atom stereocenters. The molecule has 3 N–H and O–H groups in total. The maximum Gasteiger partial charge on any atom is 0.317 e. The van der Waals surface area contributed by atoms with Gasteiger partial charge in [-0.15, -0.1) is 0 Å². The summed E-state index contributed by atoms with van der Waals surface area (Å²) in [6.07, 6.45) is 0.834. The maximum atomic E-state index is 11.7. The molecule has 98 valence electrons. The van der Waals surface area contributed by atoms with E-state index in [1.165, 1.54) is 0 Å². The number of hydrogen-bond donors (Lipinski definition) is 3. The number of rotatable bonds is 3. The number of aliphatic carboxylic acids is 1. The molecule has 0 bridgehead atoms. The maximum absolute atomic E-state index is 11.7. The van der Waals surface area contributed by atoms with E-state index in [-0.39, 0.29) is 18.7 Å². The monoisotopic (exact) mass is 244 g/mol. The number of urea groups is 1. The van der Waals surface area contributed by atoms with E-state index in [2.05, 4.69) is 5.32 Å². The predicted molar refractivity (Wildman–Crippen MR) is 61.6 cm³/mol. The minimum Gasteiger partial charge on any atom is -0.481 e. The summed E-state index contributed by atoms with van der Waals surface area (Å²) in [6.45, 7) is 4.26. The van der Waals surface area contributed by atoms with Crippen LogP contribution in [0.5, 0.6) is 0 Å². The third-order valence-corrected chi connectivity index (χ3v) is 3.01. The third kappa shape index (κ3) is 3.89.